The predicted molar refractivity (Wildman–Crippen MR) is 88.0 cm³/mol. The summed E-state index contributed by atoms with van der Waals surface area (Å²) in [6.45, 7) is 2.04. The van der Waals surface area contributed by atoms with Gasteiger partial charge in [0.25, 0.3) is 0 Å². The molecule has 0 fully saturated rings. The molecule has 2 heterocycles. The highest BCUT2D eigenvalue weighted by Crippen LogP contribution is 2.22. The lowest BCUT2D eigenvalue weighted by atomic mass is 10.1. The minimum absolute atomic E-state index is 0.0418. The minimum Gasteiger partial charge on any atom is -0.437 e. The van der Waals surface area contributed by atoms with Crippen molar-refractivity contribution in [1.29, 1.82) is 0 Å². The summed E-state index contributed by atoms with van der Waals surface area (Å²) in [5.41, 5.74) is 3.89. The van der Waals surface area contributed by atoms with E-state index in [1.807, 2.05) is 49.4 Å². The molecular formula is C19H13NO2. The summed E-state index contributed by atoms with van der Waals surface area (Å²) in [7, 11) is 0. The van der Waals surface area contributed by atoms with E-state index in [4.69, 9.17) is 4.42 Å². The van der Waals surface area contributed by atoms with Crippen LogP contribution in [0.1, 0.15) is 5.56 Å². The molecule has 0 unspecified atom stereocenters. The molecule has 2 aromatic carbocycles. The van der Waals surface area contributed by atoms with E-state index >= 15 is 0 Å². The Morgan fingerprint density at radius 1 is 0.864 bits per heavy atom. The molecule has 0 amide bonds. The maximum absolute atomic E-state index is 12.5. The lowest BCUT2D eigenvalue weighted by molar-refractivity contribution is 0.645. The maximum atomic E-state index is 12.5. The van der Waals surface area contributed by atoms with Gasteiger partial charge in [0.15, 0.2) is 0 Å². The number of aromatic nitrogens is 1. The summed E-state index contributed by atoms with van der Waals surface area (Å²) in [5, 5.41) is 1.09. The fraction of sp³-hybridized carbons (Fsp3) is 0.0526. The first kappa shape index (κ1) is 12.8. The van der Waals surface area contributed by atoms with Crippen molar-refractivity contribution in [2.24, 2.45) is 0 Å². The van der Waals surface area contributed by atoms with Gasteiger partial charge in [-0.2, -0.15) is 0 Å². The van der Waals surface area contributed by atoms with Gasteiger partial charge in [0, 0.05) is 5.56 Å². The second-order valence-corrected chi connectivity index (χ2v) is 5.34. The molecule has 2 aromatic heterocycles. The topological polar surface area (TPSA) is 43.1 Å². The van der Waals surface area contributed by atoms with E-state index in [1.165, 1.54) is 5.56 Å². The SMILES string of the molecule is Cc1ccc(-c2ccc3c(=O)c4ccccc4oc3n2)cc1. The van der Waals surface area contributed by atoms with E-state index in [2.05, 4.69) is 4.98 Å². The molecule has 0 radical (unpaired) electrons. The fourth-order valence-corrected chi connectivity index (χ4v) is 2.57. The second kappa shape index (κ2) is 4.81. The fourth-order valence-electron chi connectivity index (χ4n) is 2.57. The molecule has 0 aliphatic rings. The van der Waals surface area contributed by atoms with Crippen molar-refractivity contribution >= 4 is 22.1 Å². The molecule has 0 aliphatic carbocycles. The molecule has 4 rings (SSSR count). The average molecular weight is 287 g/mol. The Kier molecular flexibility index (Phi) is 2.79. The highest BCUT2D eigenvalue weighted by molar-refractivity contribution is 5.88. The Hall–Kier alpha value is -2.94. The van der Waals surface area contributed by atoms with Crippen LogP contribution in [0.4, 0.5) is 0 Å². The van der Waals surface area contributed by atoms with Crippen molar-refractivity contribution in [2.75, 3.05) is 0 Å². The quantitative estimate of drug-likeness (QED) is 0.490. The van der Waals surface area contributed by atoms with Crippen LogP contribution in [0, 0.1) is 6.92 Å². The molecule has 0 spiro atoms. The summed E-state index contributed by atoms with van der Waals surface area (Å²) in [6, 6.07) is 19.0. The number of benzene rings is 2. The number of hydrogen-bond donors (Lipinski definition) is 0. The van der Waals surface area contributed by atoms with Gasteiger partial charge in [-0.05, 0) is 31.2 Å². The predicted octanol–water partition coefficient (Wildman–Crippen LogP) is 4.32. The highest BCUT2D eigenvalue weighted by Gasteiger charge is 2.09. The molecule has 106 valence electrons. The van der Waals surface area contributed by atoms with Crippen LogP contribution in [0.5, 0.6) is 0 Å². The largest absolute Gasteiger partial charge is 0.437 e. The van der Waals surface area contributed by atoms with Gasteiger partial charge in [0.2, 0.25) is 11.1 Å². The third-order valence-corrected chi connectivity index (χ3v) is 3.79. The molecule has 0 aliphatic heterocycles. The lowest BCUT2D eigenvalue weighted by Crippen LogP contribution is -2.03. The van der Waals surface area contributed by atoms with Crippen LogP contribution in [-0.4, -0.2) is 4.98 Å². The second-order valence-electron chi connectivity index (χ2n) is 5.34. The summed E-state index contributed by atoms with van der Waals surface area (Å²) in [4.78, 5) is 17.0. The molecule has 0 bridgehead atoms. The smallest absolute Gasteiger partial charge is 0.231 e. The third kappa shape index (κ3) is 1.99. The number of fused-ring (bicyclic) bond motifs is 2. The Bertz CT molecular complexity index is 1050. The van der Waals surface area contributed by atoms with Crippen molar-refractivity contribution in [3.63, 3.8) is 0 Å². The first-order valence-corrected chi connectivity index (χ1v) is 7.12. The molecule has 3 heteroatoms. The molecule has 0 atom stereocenters. The van der Waals surface area contributed by atoms with Crippen LogP contribution < -0.4 is 5.43 Å². The summed E-state index contributed by atoms with van der Waals surface area (Å²) in [5.74, 6) is 0. The van der Waals surface area contributed by atoms with E-state index in [-0.39, 0.29) is 5.43 Å². The molecular weight excluding hydrogens is 274 g/mol. The van der Waals surface area contributed by atoms with Crippen LogP contribution in [0.25, 0.3) is 33.3 Å². The van der Waals surface area contributed by atoms with Gasteiger partial charge in [0.05, 0.1) is 16.5 Å². The van der Waals surface area contributed by atoms with Crippen molar-refractivity contribution < 1.29 is 4.42 Å². The minimum atomic E-state index is -0.0418. The number of pyridine rings is 1. The zero-order chi connectivity index (χ0) is 15.1. The van der Waals surface area contributed by atoms with Crippen LogP contribution in [0.2, 0.25) is 0 Å². The van der Waals surface area contributed by atoms with Gasteiger partial charge in [-0.25, -0.2) is 4.98 Å². The normalized spacial score (nSPS) is 11.1. The zero-order valence-corrected chi connectivity index (χ0v) is 12.0. The molecule has 3 nitrogen and oxygen atoms in total. The van der Waals surface area contributed by atoms with Gasteiger partial charge < -0.3 is 4.42 Å². The highest BCUT2D eigenvalue weighted by atomic mass is 16.3. The standard InChI is InChI=1S/C19H13NO2/c1-12-6-8-13(9-7-12)16-11-10-15-18(21)14-4-2-3-5-17(14)22-19(15)20-16/h2-11H,1H3. The van der Waals surface area contributed by atoms with Gasteiger partial charge in [0.1, 0.15) is 5.58 Å². The molecule has 0 N–H and O–H groups in total. The first-order chi connectivity index (χ1) is 10.7. The van der Waals surface area contributed by atoms with Crippen molar-refractivity contribution in [2.45, 2.75) is 6.92 Å². The Morgan fingerprint density at radius 2 is 1.64 bits per heavy atom. The van der Waals surface area contributed by atoms with Crippen LogP contribution in [0.15, 0.2) is 69.9 Å². The molecule has 0 saturated carbocycles. The number of rotatable bonds is 1. The number of para-hydroxylation sites is 1. The third-order valence-electron chi connectivity index (χ3n) is 3.79. The number of nitrogens with zero attached hydrogens (tertiary/aromatic N) is 1. The van der Waals surface area contributed by atoms with Gasteiger partial charge >= 0.3 is 0 Å². The maximum Gasteiger partial charge on any atom is 0.231 e. The van der Waals surface area contributed by atoms with E-state index in [1.54, 1.807) is 18.2 Å². The lowest BCUT2D eigenvalue weighted by Gasteiger charge is -2.04. The van der Waals surface area contributed by atoms with E-state index < -0.39 is 0 Å². The van der Waals surface area contributed by atoms with Gasteiger partial charge in [-0.1, -0.05) is 42.0 Å². The molecule has 0 saturated heterocycles. The van der Waals surface area contributed by atoms with E-state index in [0.717, 1.165) is 11.3 Å². The zero-order valence-electron chi connectivity index (χ0n) is 12.0. The molecule has 22 heavy (non-hydrogen) atoms. The number of hydrogen-bond acceptors (Lipinski definition) is 3. The monoisotopic (exact) mass is 287 g/mol. The Labute approximate surface area is 126 Å². The number of aryl methyl sites for hydroxylation is 1. The van der Waals surface area contributed by atoms with Crippen LogP contribution >= 0.6 is 0 Å². The summed E-state index contributed by atoms with van der Waals surface area (Å²) < 4.78 is 5.80. The van der Waals surface area contributed by atoms with E-state index in [0.29, 0.717) is 22.1 Å². The summed E-state index contributed by atoms with van der Waals surface area (Å²) >= 11 is 0. The Balaban J connectivity index is 1.99. The Morgan fingerprint density at radius 3 is 2.45 bits per heavy atom. The van der Waals surface area contributed by atoms with Crippen molar-refractivity contribution in [3.05, 3.63) is 76.5 Å². The van der Waals surface area contributed by atoms with Gasteiger partial charge in [-0.15, -0.1) is 0 Å². The summed E-state index contributed by atoms with van der Waals surface area (Å²) in [6.07, 6.45) is 0. The van der Waals surface area contributed by atoms with E-state index in [9.17, 15) is 4.79 Å². The molecule has 4 aromatic rings. The first-order valence-electron chi connectivity index (χ1n) is 7.12. The van der Waals surface area contributed by atoms with Crippen LogP contribution in [-0.2, 0) is 0 Å². The van der Waals surface area contributed by atoms with Gasteiger partial charge in [-0.3, -0.25) is 4.79 Å². The van der Waals surface area contributed by atoms with Crippen molar-refractivity contribution in [3.8, 4) is 11.3 Å². The van der Waals surface area contributed by atoms with Crippen molar-refractivity contribution in [1.82, 2.24) is 4.98 Å². The average Bonchev–Trinajstić information content (AvgIpc) is 2.55. The van der Waals surface area contributed by atoms with Crippen LogP contribution in [0.3, 0.4) is 0 Å².